The van der Waals surface area contributed by atoms with Gasteiger partial charge in [0.1, 0.15) is 0 Å². The molecule has 0 bridgehead atoms. The van der Waals surface area contributed by atoms with Crippen LogP contribution in [-0.4, -0.2) is 17.0 Å². The number of ketones is 1. The predicted octanol–water partition coefficient (Wildman–Crippen LogP) is 4.83. The van der Waals surface area contributed by atoms with Gasteiger partial charge in [0.05, 0.1) is 6.10 Å². The largest absolute Gasteiger partial charge is 0.393 e. The quantitative estimate of drug-likeness (QED) is 0.700. The van der Waals surface area contributed by atoms with Crippen molar-refractivity contribution in [1.29, 1.82) is 0 Å². The molecule has 0 aromatic rings. The Morgan fingerprint density at radius 1 is 1.12 bits per heavy atom. The maximum absolute atomic E-state index is 12.3. The molecule has 0 aliphatic heterocycles. The lowest BCUT2D eigenvalue weighted by Gasteiger charge is -2.57. The summed E-state index contributed by atoms with van der Waals surface area (Å²) in [5.74, 6) is 2.38. The Hall–Kier alpha value is -0.890. The first-order chi connectivity index (χ1) is 11.3. The summed E-state index contributed by atoms with van der Waals surface area (Å²) in [5, 5.41) is 10.1. The van der Waals surface area contributed by atoms with E-state index < -0.39 is 0 Å². The molecular weight excluding hydrogens is 296 g/mol. The van der Waals surface area contributed by atoms with Crippen LogP contribution in [0.2, 0.25) is 0 Å². The van der Waals surface area contributed by atoms with E-state index in [2.05, 4.69) is 26.8 Å². The molecule has 0 amide bonds. The number of fused-ring (bicyclic) bond motifs is 5. The third-order valence-corrected chi connectivity index (χ3v) is 8.34. The van der Waals surface area contributed by atoms with Crippen LogP contribution in [0.3, 0.4) is 0 Å². The van der Waals surface area contributed by atoms with Gasteiger partial charge in [0.25, 0.3) is 0 Å². The van der Waals surface area contributed by atoms with Crippen LogP contribution in [0.4, 0.5) is 0 Å². The Morgan fingerprint density at radius 2 is 1.83 bits per heavy atom. The lowest BCUT2D eigenvalue weighted by molar-refractivity contribution is -0.115. The molecule has 2 fully saturated rings. The molecule has 0 radical (unpaired) electrons. The van der Waals surface area contributed by atoms with Crippen LogP contribution in [0.15, 0.2) is 22.8 Å². The minimum atomic E-state index is -0.130. The number of hydrogen-bond acceptors (Lipinski definition) is 2. The number of hydrogen-bond donors (Lipinski definition) is 1. The minimum Gasteiger partial charge on any atom is -0.393 e. The van der Waals surface area contributed by atoms with Gasteiger partial charge in [-0.3, -0.25) is 4.79 Å². The molecule has 2 heteroatoms. The highest BCUT2D eigenvalue weighted by atomic mass is 16.3. The summed E-state index contributed by atoms with van der Waals surface area (Å²) in [5.41, 5.74) is 4.43. The number of aliphatic hydroxyl groups excluding tert-OH is 1. The summed E-state index contributed by atoms with van der Waals surface area (Å²) in [6.07, 6.45) is 9.99. The van der Waals surface area contributed by atoms with Gasteiger partial charge in [-0.05, 0) is 93.0 Å². The summed E-state index contributed by atoms with van der Waals surface area (Å²) < 4.78 is 0. The van der Waals surface area contributed by atoms with Crippen LogP contribution in [0.5, 0.6) is 0 Å². The molecule has 24 heavy (non-hydrogen) atoms. The van der Waals surface area contributed by atoms with E-state index in [4.69, 9.17) is 0 Å². The van der Waals surface area contributed by atoms with E-state index in [9.17, 15) is 9.90 Å². The van der Waals surface area contributed by atoms with E-state index in [-0.39, 0.29) is 16.9 Å². The second kappa shape index (κ2) is 5.30. The van der Waals surface area contributed by atoms with E-state index in [0.717, 1.165) is 50.0 Å². The maximum Gasteiger partial charge on any atom is 0.156 e. The van der Waals surface area contributed by atoms with Crippen molar-refractivity contribution in [2.45, 2.75) is 78.7 Å². The normalized spacial score (nSPS) is 47.6. The Bertz CT molecular complexity index is 642. The average molecular weight is 328 g/mol. The van der Waals surface area contributed by atoms with Gasteiger partial charge in [0.15, 0.2) is 5.78 Å². The smallest absolute Gasteiger partial charge is 0.156 e. The number of Topliss-reactive ketones (excluding diaryl/α,β-unsaturated/α-hetero) is 1. The molecule has 4 rings (SSSR count). The highest BCUT2D eigenvalue weighted by molar-refractivity contribution is 5.96. The van der Waals surface area contributed by atoms with Crippen molar-refractivity contribution in [2.24, 2.45) is 28.6 Å². The summed E-state index contributed by atoms with van der Waals surface area (Å²) in [6.45, 7) is 8.79. The number of aliphatic hydroxyl groups is 1. The lowest BCUT2D eigenvalue weighted by Crippen LogP contribution is -2.50. The van der Waals surface area contributed by atoms with Crippen LogP contribution in [0.1, 0.15) is 72.6 Å². The SMILES string of the molecule is CC(=O)C1=C(C)C[C@@H]2[C@H]3CC=C4C[C@@H](O)CC[C@]4(C)[C@@H]3CC[C@]12C. The van der Waals surface area contributed by atoms with E-state index in [1.807, 2.05) is 0 Å². The molecule has 0 heterocycles. The van der Waals surface area contributed by atoms with Gasteiger partial charge in [-0.25, -0.2) is 0 Å². The van der Waals surface area contributed by atoms with Crippen LogP contribution >= 0.6 is 0 Å². The monoisotopic (exact) mass is 328 g/mol. The van der Waals surface area contributed by atoms with Gasteiger partial charge in [-0.1, -0.05) is 31.1 Å². The predicted molar refractivity (Wildman–Crippen MR) is 96.5 cm³/mol. The topological polar surface area (TPSA) is 37.3 Å². The van der Waals surface area contributed by atoms with Crippen LogP contribution in [-0.2, 0) is 4.79 Å². The fraction of sp³-hybridized carbons (Fsp3) is 0.773. The van der Waals surface area contributed by atoms with Crippen LogP contribution in [0.25, 0.3) is 0 Å². The van der Waals surface area contributed by atoms with Crippen molar-refractivity contribution in [1.82, 2.24) is 0 Å². The lowest BCUT2D eigenvalue weighted by atomic mass is 9.47. The second-order valence-electron chi connectivity index (χ2n) is 9.53. The van der Waals surface area contributed by atoms with Gasteiger partial charge in [-0.15, -0.1) is 0 Å². The number of carbonyl (C=O) groups excluding carboxylic acids is 1. The minimum absolute atomic E-state index is 0.104. The average Bonchev–Trinajstić information content (AvgIpc) is 2.78. The van der Waals surface area contributed by atoms with E-state index in [1.54, 1.807) is 6.92 Å². The van der Waals surface area contributed by atoms with Crippen molar-refractivity contribution < 1.29 is 9.90 Å². The second-order valence-corrected chi connectivity index (χ2v) is 9.53. The molecule has 2 saturated carbocycles. The molecule has 0 aromatic carbocycles. The van der Waals surface area contributed by atoms with Gasteiger partial charge >= 0.3 is 0 Å². The standard InChI is InChI=1S/C22H32O2/c1-13-11-19-17-6-5-15-12-16(24)7-9-21(15,3)18(17)8-10-22(19,4)20(13)14(2)23/h5,16-19,24H,6-12H2,1-4H3/t16-,17-,18+,19+,21-,22-/m0/s1. The van der Waals surface area contributed by atoms with Crippen molar-refractivity contribution in [2.75, 3.05) is 0 Å². The Balaban J connectivity index is 1.70. The summed E-state index contributed by atoms with van der Waals surface area (Å²) >= 11 is 0. The zero-order chi connectivity index (χ0) is 17.3. The highest BCUT2D eigenvalue weighted by Gasteiger charge is 2.58. The van der Waals surface area contributed by atoms with Crippen molar-refractivity contribution in [3.63, 3.8) is 0 Å². The summed E-state index contributed by atoms with van der Waals surface area (Å²) in [4.78, 5) is 12.3. The van der Waals surface area contributed by atoms with E-state index in [1.165, 1.54) is 17.6 Å². The van der Waals surface area contributed by atoms with Crippen LogP contribution in [0, 0.1) is 28.6 Å². The summed E-state index contributed by atoms with van der Waals surface area (Å²) in [6, 6.07) is 0. The van der Waals surface area contributed by atoms with Gasteiger partial charge < -0.3 is 5.11 Å². The fourth-order valence-electron chi connectivity index (χ4n) is 7.27. The van der Waals surface area contributed by atoms with Gasteiger partial charge in [0, 0.05) is 0 Å². The Kier molecular flexibility index (Phi) is 3.66. The molecule has 0 spiro atoms. The first kappa shape index (κ1) is 16.6. The molecule has 4 aliphatic carbocycles. The number of allylic oxidation sites excluding steroid dienone is 3. The Labute approximate surface area is 146 Å². The van der Waals surface area contributed by atoms with E-state index in [0.29, 0.717) is 17.6 Å². The number of carbonyl (C=O) groups is 1. The molecule has 0 unspecified atom stereocenters. The van der Waals surface area contributed by atoms with Crippen molar-refractivity contribution in [3.05, 3.63) is 22.8 Å². The zero-order valence-electron chi connectivity index (χ0n) is 15.7. The molecule has 0 aromatic heterocycles. The molecule has 132 valence electrons. The highest BCUT2D eigenvalue weighted by Crippen LogP contribution is 2.65. The van der Waals surface area contributed by atoms with E-state index >= 15 is 0 Å². The van der Waals surface area contributed by atoms with Crippen molar-refractivity contribution >= 4 is 5.78 Å². The summed E-state index contributed by atoms with van der Waals surface area (Å²) in [7, 11) is 0. The first-order valence-corrected chi connectivity index (χ1v) is 9.86. The fourth-order valence-corrected chi connectivity index (χ4v) is 7.27. The molecule has 2 nitrogen and oxygen atoms in total. The molecule has 1 N–H and O–H groups in total. The molecule has 4 aliphatic rings. The zero-order valence-corrected chi connectivity index (χ0v) is 15.7. The van der Waals surface area contributed by atoms with Gasteiger partial charge in [-0.2, -0.15) is 0 Å². The first-order valence-electron chi connectivity index (χ1n) is 9.86. The molecule has 6 atom stereocenters. The van der Waals surface area contributed by atoms with Crippen molar-refractivity contribution in [3.8, 4) is 0 Å². The molecular formula is C22H32O2. The molecule has 0 saturated heterocycles. The third kappa shape index (κ3) is 2.08. The third-order valence-electron chi connectivity index (χ3n) is 8.34. The number of rotatable bonds is 1. The van der Waals surface area contributed by atoms with Gasteiger partial charge in [0.2, 0.25) is 0 Å². The maximum atomic E-state index is 12.3. The van der Waals surface area contributed by atoms with Crippen LogP contribution < -0.4 is 0 Å². The Morgan fingerprint density at radius 3 is 2.54 bits per heavy atom.